The number of rotatable bonds is 5. The lowest BCUT2D eigenvalue weighted by Crippen LogP contribution is -2.30. The number of carboxylic acid groups (broad SMARTS) is 1. The molecule has 1 saturated carbocycles. The van der Waals surface area contributed by atoms with Crippen LogP contribution in [0.5, 0.6) is 0 Å². The van der Waals surface area contributed by atoms with E-state index in [1.54, 1.807) is 12.3 Å². The summed E-state index contributed by atoms with van der Waals surface area (Å²) in [6, 6.07) is 4.15. The zero-order valence-corrected chi connectivity index (χ0v) is 10.3. The van der Waals surface area contributed by atoms with Gasteiger partial charge in [0, 0.05) is 24.5 Å². The highest BCUT2D eigenvalue weighted by molar-refractivity contribution is 5.86. The first kappa shape index (κ1) is 11.9. The number of hydrogen-bond acceptors (Lipinski definition) is 3. The van der Waals surface area contributed by atoms with Crippen LogP contribution >= 0.6 is 0 Å². The molecule has 1 aromatic heterocycles. The second-order valence-corrected chi connectivity index (χ2v) is 4.98. The molecule has 0 aliphatic heterocycles. The molecule has 2 rings (SSSR count). The summed E-state index contributed by atoms with van der Waals surface area (Å²) in [6.07, 6.45) is 3.99. The standard InChI is InChI=1S/C13H18N2O2/c1-9(2)8-15(10-3-4-10)11-5-6-14-12(7-11)13(16)17/h5-7,9-10H,3-4,8H2,1-2H3,(H,16,17). The summed E-state index contributed by atoms with van der Waals surface area (Å²) in [5, 5.41) is 8.95. The third-order valence-corrected chi connectivity index (χ3v) is 2.84. The molecule has 1 heterocycles. The van der Waals surface area contributed by atoms with Crippen molar-refractivity contribution >= 4 is 11.7 Å². The molecule has 17 heavy (non-hydrogen) atoms. The van der Waals surface area contributed by atoms with Crippen LogP contribution in [0.15, 0.2) is 18.3 Å². The zero-order chi connectivity index (χ0) is 12.4. The van der Waals surface area contributed by atoms with E-state index in [9.17, 15) is 4.79 Å². The number of pyridine rings is 1. The molecule has 0 radical (unpaired) electrons. The van der Waals surface area contributed by atoms with E-state index >= 15 is 0 Å². The van der Waals surface area contributed by atoms with Crippen molar-refractivity contribution in [1.29, 1.82) is 0 Å². The molecule has 4 nitrogen and oxygen atoms in total. The maximum atomic E-state index is 10.9. The molecule has 1 aliphatic rings. The van der Waals surface area contributed by atoms with Crippen molar-refractivity contribution in [2.75, 3.05) is 11.4 Å². The SMILES string of the molecule is CC(C)CN(c1ccnc(C(=O)O)c1)C1CC1. The van der Waals surface area contributed by atoms with Gasteiger partial charge in [-0.2, -0.15) is 0 Å². The summed E-state index contributed by atoms with van der Waals surface area (Å²) in [5.74, 6) is -0.399. The van der Waals surface area contributed by atoms with Crippen molar-refractivity contribution in [1.82, 2.24) is 4.98 Å². The van der Waals surface area contributed by atoms with E-state index in [0.717, 1.165) is 12.2 Å². The molecule has 0 amide bonds. The van der Waals surface area contributed by atoms with Crippen molar-refractivity contribution in [3.05, 3.63) is 24.0 Å². The third kappa shape index (κ3) is 2.96. The number of aromatic carboxylic acids is 1. The van der Waals surface area contributed by atoms with E-state index in [-0.39, 0.29) is 5.69 Å². The molecule has 0 unspecified atom stereocenters. The monoisotopic (exact) mass is 234 g/mol. The highest BCUT2D eigenvalue weighted by Crippen LogP contribution is 2.32. The summed E-state index contributed by atoms with van der Waals surface area (Å²) in [4.78, 5) is 17.1. The molecule has 1 aliphatic carbocycles. The summed E-state index contributed by atoms with van der Waals surface area (Å²) in [7, 11) is 0. The van der Waals surface area contributed by atoms with Gasteiger partial charge < -0.3 is 10.0 Å². The molecule has 4 heteroatoms. The van der Waals surface area contributed by atoms with Crippen LogP contribution < -0.4 is 4.90 Å². The largest absolute Gasteiger partial charge is 0.477 e. The number of aromatic nitrogens is 1. The third-order valence-electron chi connectivity index (χ3n) is 2.84. The van der Waals surface area contributed by atoms with Crippen molar-refractivity contribution in [3.63, 3.8) is 0 Å². The van der Waals surface area contributed by atoms with Gasteiger partial charge in [0.25, 0.3) is 0 Å². The summed E-state index contributed by atoms with van der Waals surface area (Å²) < 4.78 is 0. The molecular formula is C13H18N2O2. The highest BCUT2D eigenvalue weighted by atomic mass is 16.4. The Morgan fingerprint density at radius 1 is 1.59 bits per heavy atom. The Labute approximate surface area is 101 Å². The van der Waals surface area contributed by atoms with Gasteiger partial charge in [0.05, 0.1) is 0 Å². The highest BCUT2D eigenvalue weighted by Gasteiger charge is 2.29. The fourth-order valence-electron chi connectivity index (χ4n) is 1.96. The molecule has 1 N–H and O–H groups in total. The normalized spacial score (nSPS) is 15.0. The maximum Gasteiger partial charge on any atom is 0.354 e. The Balaban J connectivity index is 2.22. The van der Waals surface area contributed by atoms with E-state index in [4.69, 9.17) is 5.11 Å². The van der Waals surface area contributed by atoms with Crippen LogP contribution in [0.4, 0.5) is 5.69 Å². The van der Waals surface area contributed by atoms with E-state index in [1.165, 1.54) is 12.8 Å². The van der Waals surface area contributed by atoms with E-state index in [1.807, 2.05) is 6.07 Å². The van der Waals surface area contributed by atoms with Crippen molar-refractivity contribution in [3.8, 4) is 0 Å². The van der Waals surface area contributed by atoms with Crippen LogP contribution in [0, 0.1) is 5.92 Å². The van der Waals surface area contributed by atoms with Crippen LogP contribution in [0.3, 0.4) is 0 Å². The molecule has 0 aromatic carbocycles. The molecular weight excluding hydrogens is 216 g/mol. The van der Waals surface area contributed by atoms with E-state index in [0.29, 0.717) is 12.0 Å². The Morgan fingerprint density at radius 2 is 2.29 bits per heavy atom. The Bertz CT molecular complexity index is 414. The van der Waals surface area contributed by atoms with E-state index in [2.05, 4.69) is 23.7 Å². The number of nitrogens with zero attached hydrogens (tertiary/aromatic N) is 2. The fraction of sp³-hybridized carbons (Fsp3) is 0.538. The molecule has 0 spiro atoms. The molecule has 0 bridgehead atoms. The van der Waals surface area contributed by atoms with Crippen LogP contribution in [-0.4, -0.2) is 28.6 Å². The second kappa shape index (κ2) is 4.73. The second-order valence-electron chi connectivity index (χ2n) is 4.98. The van der Waals surface area contributed by atoms with Gasteiger partial charge in [-0.25, -0.2) is 9.78 Å². The van der Waals surface area contributed by atoms with Crippen LogP contribution in [0.25, 0.3) is 0 Å². The van der Waals surface area contributed by atoms with Crippen molar-refractivity contribution in [2.24, 2.45) is 5.92 Å². The fourth-order valence-corrected chi connectivity index (χ4v) is 1.96. The average molecular weight is 234 g/mol. The smallest absolute Gasteiger partial charge is 0.354 e. The average Bonchev–Trinajstić information content (AvgIpc) is 3.09. The van der Waals surface area contributed by atoms with Gasteiger partial charge in [-0.15, -0.1) is 0 Å². The lowest BCUT2D eigenvalue weighted by Gasteiger charge is -2.26. The van der Waals surface area contributed by atoms with Gasteiger partial charge in [-0.3, -0.25) is 0 Å². The molecule has 1 aromatic rings. The van der Waals surface area contributed by atoms with Crippen LogP contribution in [0.1, 0.15) is 37.2 Å². The topological polar surface area (TPSA) is 53.4 Å². The predicted molar refractivity (Wildman–Crippen MR) is 66.4 cm³/mol. The molecule has 92 valence electrons. The van der Waals surface area contributed by atoms with Crippen molar-refractivity contribution < 1.29 is 9.90 Å². The lowest BCUT2D eigenvalue weighted by atomic mass is 10.2. The van der Waals surface area contributed by atoms with Gasteiger partial charge in [0.2, 0.25) is 0 Å². The summed E-state index contributed by atoms with van der Waals surface area (Å²) >= 11 is 0. The quantitative estimate of drug-likeness (QED) is 0.850. The van der Waals surface area contributed by atoms with Gasteiger partial charge in [0.1, 0.15) is 5.69 Å². The number of hydrogen-bond donors (Lipinski definition) is 1. The van der Waals surface area contributed by atoms with Crippen LogP contribution in [0.2, 0.25) is 0 Å². The number of carboxylic acids is 1. The summed E-state index contributed by atoms with van der Waals surface area (Å²) in [6.45, 7) is 5.32. The Kier molecular flexibility index (Phi) is 3.31. The first-order valence-electron chi connectivity index (χ1n) is 6.04. The maximum absolute atomic E-state index is 10.9. The van der Waals surface area contributed by atoms with Gasteiger partial charge in [-0.1, -0.05) is 13.8 Å². The molecule has 0 saturated heterocycles. The first-order chi connectivity index (χ1) is 8.08. The number of anilines is 1. The summed E-state index contributed by atoms with van der Waals surface area (Å²) in [5.41, 5.74) is 1.10. The van der Waals surface area contributed by atoms with Gasteiger partial charge in [0.15, 0.2) is 0 Å². The minimum Gasteiger partial charge on any atom is -0.477 e. The number of carbonyl (C=O) groups is 1. The van der Waals surface area contributed by atoms with E-state index < -0.39 is 5.97 Å². The Hall–Kier alpha value is -1.58. The van der Waals surface area contributed by atoms with Crippen LogP contribution in [-0.2, 0) is 0 Å². The minimum atomic E-state index is -0.966. The van der Waals surface area contributed by atoms with Gasteiger partial charge in [-0.05, 0) is 30.9 Å². The lowest BCUT2D eigenvalue weighted by molar-refractivity contribution is 0.0690. The Morgan fingerprint density at radius 3 is 2.82 bits per heavy atom. The van der Waals surface area contributed by atoms with Crippen molar-refractivity contribution in [2.45, 2.75) is 32.7 Å². The zero-order valence-electron chi connectivity index (χ0n) is 10.3. The molecule has 1 fully saturated rings. The minimum absolute atomic E-state index is 0.122. The predicted octanol–water partition coefficient (Wildman–Crippen LogP) is 2.40. The van der Waals surface area contributed by atoms with Gasteiger partial charge >= 0.3 is 5.97 Å². The molecule has 0 atom stereocenters. The first-order valence-corrected chi connectivity index (χ1v) is 6.04.